The average Bonchev–Trinajstić information content (AvgIpc) is 2.32. The van der Waals surface area contributed by atoms with Crippen molar-refractivity contribution in [1.29, 1.82) is 0 Å². The Bertz CT molecular complexity index is 228. The minimum Gasteiger partial charge on any atom is -0.369 e. The van der Waals surface area contributed by atoms with Crippen LogP contribution < -0.4 is 5.32 Å². The summed E-state index contributed by atoms with van der Waals surface area (Å²) < 4.78 is 5.33. The number of ether oxygens (including phenoxy) is 1. The van der Waals surface area contributed by atoms with Gasteiger partial charge >= 0.3 is 0 Å². The highest BCUT2D eigenvalue weighted by Crippen LogP contribution is 2.28. The Morgan fingerprint density at radius 2 is 2.06 bits per heavy atom. The second-order valence-electron chi connectivity index (χ2n) is 5.05. The molecule has 0 aromatic carbocycles. The van der Waals surface area contributed by atoms with Crippen LogP contribution >= 0.6 is 0 Å². The van der Waals surface area contributed by atoms with Crippen LogP contribution in [-0.4, -0.2) is 24.7 Å². The standard InChI is InChI=1S/C14H27NO2/c1-4-8-12-9-6-7-10-13(12)15-14(16)11(3)17-5-2/h11-13H,4-10H2,1-3H3,(H,15,16)/t11-,12+,13+/m0/s1. The number of carbonyl (C=O) groups is 1. The Hall–Kier alpha value is -0.570. The highest BCUT2D eigenvalue weighted by atomic mass is 16.5. The van der Waals surface area contributed by atoms with Crippen molar-refractivity contribution in [2.24, 2.45) is 5.92 Å². The molecule has 1 amide bonds. The highest BCUT2D eigenvalue weighted by molar-refractivity contribution is 5.80. The zero-order chi connectivity index (χ0) is 12.7. The molecule has 1 fully saturated rings. The molecule has 3 nitrogen and oxygen atoms in total. The van der Waals surface area contributed by atoms with Gasteiger partial charge in [-0.05, 0) is 39.0 Å². The lowest BCUT2D eigenvalue weighted by molar-refractivity contribution is -0.132. The third-order valence-electron chi connectivity index (χ3n) is 3.68. The van der Waals surface area contributed by atoms with Crippen molar-refractivity contribution in [2.45, 2.75) is 71.4 Å². The predicted octanol–water partition coefficient (Wildman–Crippen LogP) is 2.89. The van der Waals surface area contributed by atoms with Crippen LogP contribution in [0.1, 0.15) is 59.3 Å². The first-order valence-corrected chi connectivity index (χ1v) is 7.11. The van der Waals surface area contributed by atoms with Crippen molar-refractivity contribution in [2.75, 3.05) is 6.61 Å². The number of rotatable bonds is 6. The fourth-order valence-electron chi connectivity index (χ4n) is 2.74. The molecule has 3 atom stereocenters. The number of carbonyl (C=O) groups excluding carboxylic acids is 1. The van der Waals surface area contributed by atoms with Crippen LogP contribution in [0, 0.1) is 5.92 Å². The first-order chi connectivity index (χ1) is 8.19. The Morgan fingerprint density at radius 3 is 2.71 bits per heavy atom. The topological polar surface area (TPSA) is 38.3 Å². The minimum atomic E-state index is -0.316. The zero-order valence-corrected chi connectivity index (χ0v) is 11.5. The Kier molecular flexibility index (Phi) is 6.56. The fourth-order valence-corrected chi connectivity index (χ4v) is 2.74. The van der Waals surface area contributed by atoms with Crippen molar-refractivity contribution >= 4 is 5.91 Å². The molecule has 17 heavy (non-hydrogen) atoms. The molecule has 0 aromatic rings. The summed E-state index contributed by atoms with van der Waals surface area (Å²) in [4.78, 5) is 11.9. The van der Waals surface area contributed by atoms with Gasteiger partial charge in [-0.2, -0.15) is 0 Å². The van der Waals surface area contributed by atoms with Gasteiger partial charge in [0.15, 0.2) is 0 Å². The van der Waals surface area contributed by atoms with E-state index in [1.54, 1.807) is 0 Å². The van der Waals surface area contributed by atoms with E-state index in [0.717, 1.165) is 6.42 Å². The summed E-state index contributed by atoms with van der Waals surface area (Å²) in [6, 6.07) is 0.374. The lowest BCUT2D eigenvalue weighted by Gasteiger charge is -2.32. The van der Waals surface area contributed by atoms with Crippen LogP contribution in [0.25, 0.3) is 0 Å². The SMILES string of the molecule is CCC[C@@H]1CCCC[C@H]1NC(=O)[C@H](C)OCC. The molecule has 0 aromatic heterocycles. The lowest BCUT2D eigenvalue weighted by Crippen LogP contribution is -2.46. The summed E-state index contributed by atoms with van der Waals surface area (Å²) in [5, 5.41) is 3.17. The normalized spacial score (nSPS) is 26.5. The van der Waals surface area contributed by atoms with Crippen molar-refractivity contribution in [3.8, 4) is 0 Å². The van der Waals surface area contributed by atoms with Gasteiger partial charge in [0.05, 0.1) is 0 Å². The van der Waals surface area contributed by atoms with Crippen LogP contribution in [0.15, 0.2) is 0 Å². The summed E-state index contributed by atoms with van der Waals surface area (Å²) >= 11 is 0. The minimum absolute atomic E-state index is 0.0554. The Balaban J connectivity index is 2.43. The van der Waals surface area contributed by atoms with E-state index in [1.165, 1.54) is 32.1 Å². The second-order valence-corrected chi connectivity index (χ2v) is 5.05. The van der Waals surface area contributed by atoms with Gasteiger partial charge in [0, 0.05) is 12.6 Å². The van der Waals surface area contributed by atoms with E-state index in [0.29, 0.717) is 18.6 Å². The quantitative estimate of drug-likeness (QED) is 0.776. The number of nitrogens with one attached hydrogen (secondary N) is 1. The maximum atomic E-state index is 11.9. The van der Waals surface area contributed by atoms with Gasteiger partial charge in [0.25, 0.3) is 0 Å². The summed E-state index contributed by atoms with van der Waals surface area (Å²) in [5.74, 6) is 0.728. The number of hydrogen-bond donors (Lipinski definition) is 1. The molecular formula is C14H27NO2. The molecule has 0 saturated heterocycles. The van der Waals surface area contributed by atoms with Gasteiger partial charge in [0.1, 0.15) is 6.10 Å². The van der Waals surface area contributed by atoms with Crippen molar-refractivity contribution in [3.63, 3.8) is 0 Å². The summed E-state index contributed by atoms with van der Waals surface area (Å²) in [6.07, 6.45) is 7.08. The van der Waals surface area contributed by atoms with E-state index in [-0.39, 0.29) is 12.0 Å². The molecule has 100 valence electrons. The van der Waals surface area contributed by atoms with Crippen LogP contribution in [0.2, 0.25) is 0 Å². The largest absolute Gasteiger partial charge is 0.369 e. The summed E-state index contributed by atoms with van der Waals surface area (Å²) in [7, 11) is 0. The molecule has 1 N–H and O–H groups in total. The first-order valence-electron chi connectivity index (χ1n) is 7.11. The molecular weight excluding hydrogens is 214 g/mol. The second kappa shape index (κ2) is 7.70. The maximum Gasteiger partial charge on any atom is 0.249 e. The van der Waals surface area contributed by atoms with E-state index in [9.17, 15) is 4.79 Å². The van der Waals surface area contributed by atoms with Gasteiger partial charge < -0.3 is 10.1 Å². The van der Waals surface area contributed by atoms with E-state index in [2.05, 4.69) is 12.2 Å². The number of hydrogen-bond acceptors (Lipinski definition) is 2. The Labute approximate surface area is 105 Å². The highest BCUT2D eigenvalue weighted by Gasteiger charge is 2.27. The van der Waals surface area contributed by atoms with Gasteiger partial charge in [-0.25, -0.2) is 0 Å². The smallest absolute Gasteiger partial charge is 0.249 e. The van der Waals surface area contributed by atoms with E-state index < -0.39 is 0 Å². The third kappa shape index (κ3) is 4.66. The maximum absolute atomic E-state index is 11.9. The molecule has 1 aliphatic carbocycles. The molecule has 0 spiro atoms. The molecule has 1 saturated carbocycles. The summed E-state index contributed by atoms with van der Waals surface area (Å²) in [6.45, 7) is 6.56. The van der Waals surface area contributed by atoms with Crippen molar-refractivity contribution < 1.29 is 9.53 Å². The van der Waals surface area contributed by atoms with Crippen LogP contribution in [0.3, 0.4) is 0 Å². The average molecular weight is 241 g/mol. The van der Waals surface area contributed by atoms with E-state index in [4.69, 9.17) is 4.74 Å². The molecule has 0 radical (unpaired) electrons. The van der Waals surface area contributed by atoms with Crippen LogP contribution in [-0.2, 0) is 9.53 Å². The molecule has 0 aliphatic heterocycles. The molecule has 0 heterocycles. The fraction of sp³-hybridized carbons (Fsp3) is 0.929. The van der Waals surface area contributed by atoms with Crippen LogP contribution in [0.5, 0.6) is 0 Å². The van der Waals surface area contributed by atoms with Crippen molar-refractivity contribution in [3.05, 3.63) is 0 Å². The molecule has 1 aliphatic rings. The lowest BCUT2D eigenvalue weighted by atomic mass is 9.82. The van der Waals surface area contributed by atoms with Gasteiger partial charge in [-0.1, -0.05) is 26.2 Å². The van der Waals surface area contributed by atoms with Gasteiger partial charge in [-0.3, -0.25) is 4.79 Å². The first kappa shape index (κ1) is 14.5. The molecule has 0 unspecified atom stereocenters. The number of amides is 1. The van der Waals surface area contributed by atoms with Crippen LogP contribution in [0.4, 0.5) is 0 Å². The van der Waals surface area contributed by atoms with E-state index in [1.807, 2.05) is 13.8 Å². The van der Waals surface area contributed by atoms with Gasteiger partial charge in [0.2, 0.25) is 5.91 Å². The third-order valence-corrected chi connectivity index (χ3v) is 3.68. The molecule has 1 rings (SSSR count). The van der Waals surface area contributed by atoms with E-state index >= 15 is 0 Å². The molecule has 0 bridgehead atoms. The summed E-state index contributed by atoms with van der Waals surface area (Å²) in [5.41, 5.74) is 0. The monoisotopic (exact) mass is 241 g/mol. The zero-order valence-electron chi connectivity index (χ0n) is 11.5. The molecule has 3 heteroatoms. The Morgan fingerprint density at radius 1 is 1.35 bits per heavy atom. The van der Waals surface area contributed by atoms with Gasteiger partial charge in [-0.15, -0.1) is 0 Å². The predicted molar refractivity (Wildman–Crippen MR) is 69.9 cm³/mol. The van der Waals surface area contributed by atoms with Crippen molar-refractivity contribution in [1.82, 2.24) is 5.32 Å².